The Bertz CT molecular complexity index is 529. The fourth-order valence-corrected chi connectivity index (χ4v) is 2.66. The summed E-state index contributed by atoms with van der Waals surface area (Å²) in [4.78, 5) is 10.0. The quantitative estimate of drug-likeness (QED) is 0.583. The first-order chi connectivity index (χ1) is 8.36. The number of primary sulfonamides is 1. The maximum absolute atomic E-state index is 11.4. The Balaban J connectivity index is 3.13. The summed E-state index contributed by atoms with van der Waals surface area (Å²) in [6, 6.07) is 5.34. The molecule has 7 nitrogen and oxygen atoms in total. The smallest absolute Gasteiger partial charge is 0.269 e. The van der Waals surface area contributed by atoms with E-state index in [0.717, 1.165) is 0 Å². The van der Waals surface area contributed by atoms with Crippen LogP contribution in [0.2, 0.25) is 0 Å². The van der Waals surface area contributed by atoms with Crippen molar-refractivity contribution in [3.05, 3.63) is 39.9 Å². The molecule has 0 bridgehead atoms. The van der Waals surface area contributed by atoms with Crippen LogP contribution in [0.25, 0.3) is 0 Å². The molecule has 0 saturated heterocycles. The van der Waals surface area contributed by atoms with E-state index < -0.39 is 20.2 Å². The topological polar surface area (TPSA) is 124 Å². The summed E-state index contributed by atoms with van der Waals surface area (Å²) >= 11 is 0. The second kappa shape index (κ2) is 5.89. The lowest BCUT2D eigenvalue weighted by Crippen LogP contribution is -2.22. The summed E-state index contributed by atoms with van der Waals surface area (Å²) in [6.45, 7) is -0.166. The monoisotopic (exact) mass is 274 g/mol. The summed E-state index contributed by atoms with van der Waals surface area (Å²) in [7, 11) is -3.87. The van der Waals surface area contributed by atoms with Crippen LogP contribution in [-0.4, -0.2) is 25.1 Å². The van der Waals surface area contributed by atoms with Crippen molar-refractivity contribution in [2.45, 2.75) is 18.1 Å². The number of nitrogens with two attached hydrogens (primary N) is 1. The Labute approximate surface area is 104 Å². The number of hydrogen-bond acceptors (Lipinski definition) is 5. The summed E-state index contributed by atoms with van der Waals surface area (Å²) < 4.78 is 22.9. The van der Waals surface area contributed by atoms with Crippen molar-refractivity contribution in [1.29, 1.82) is 0 Å². The van der Waals surface area contributed by atoms with Crippen LogP contribution in [0.5, 0.6) is 0 Å². The number of nitro benzene ring substituents is 1. The number of non-ortho nitro benzene ring substituents is 1. The SMILES string of the molecule is NS(=O)(=O)C(CCCO)c1cccc([N+](=O)[O-])c1. The molecular formula is C10H14N2O5S. The zero-order valence-electron chi connectivity index (χ0n) is 9.52. The van der Waals surface area contributed by atoms with E-state index in [0.29, 0.717) is 0 Å². The Hall–Kier alpha value is -1.51. The Kier molecular flexibility index (Phi) is 4.76. The minimum Gasteiger partial charge on any atom is -0.396 e. The van der Waals surface area contributed by atoms with E-state index in [4.69, 9.17) is 10.2 Å². The number of hydrogen-bond donors (Lipinski definition) is 2. The molecule has 0 aliphatic rings. The van der Waals surface area contributed by atoms with Crippen LogP contribution in [0.4, 0.5) is 5.69 Å². The van der Waals surface area contributed by atoms with Crippen LogP contribution in [0.1, 0.15) is 23.7 Å². The molecule has 0 amide bonds. The molecule has 0 aliphatic heterocycles. The molecule has 0 fully saturated rings. The molecule has 1 aromatic carbocycles. The lowest BCUT2D eigenvalue weighted by molar-refractivity contribution is -0.384. The average Bonchev–Trinajstić information content (AvgIpc) is 2.28. The minimum absolute atomic E-state index is 0.122. The van der Waals surface area contributed by atoms with Gasteiger partial charge in [0.1, 0.15) is 5.25 Å². The third-order valence-corrected chi connectivity index (χ3v) is 3.77. The van der Waals surface area contributed by atoms with Gasteiger partial charge in [-0.05, 0) is 18.4 Å². The first-order valence-electron chi connectivity index (χ1n) is 5.23. The van der Waals surface area contributed by atoms with Gasteiger partial charge in [0.05, 0.1) is 4.92 Å². The summed E-state index contributed by atoms with van der Waals surface area (Å²) in [5.41, 5.74) is 0.0744. The number of benzene rings is 1. The molecule has 0 aromatic heterocycles. The molecule has 0 saturated carbocycles. The molecule has 0 heterocycles. The third kappa shape index (κ3) is 3.76. The lowest BCUT2D eigenvalue weighted by atomic mass is 10.1. The van der Waals surface area contributed by atoms with Gasteiger partial charge in [0, 0.05) is 18.7 Å². The number of nitro groups is 1. The van der Waals surface area contributed by atoms with Crippen molar-refractivity contribution >= 4 is 15.7 Å². The van der Waals surface area contributed by atoms with Gasteiger partial charge in [0.25, 0.3) is 5.69 Å². The largest absolute Gasteiger partial charge is 0.396 e. The highest BCUT2D eigenvalue weighted by Gasteiger charge is 2.24. The van der Waals surface area contributed by atoms with Gasteiger partial charge in [-0.2, -0.15) is 0 Å². The maximum atomic E-state index is 11.4. The van der Waals surface area contributed by atoms with Crippen LogP contribution >= 0.6 is 0 Å². The van der Waals surface area contributed by atoms with Crippen LogP contribution in [0, 0.1) is 10.1 Å². The van der Waals surface area contributed by atoms with E-state index in [1.807, 2.05) is 0 Å². The minimum atomic E-state index is -3.87. The predicted octanol–water partition coefficient (Wildman–Crippen LogP) is 0.697. The predicted molar refractivity (Wildman–Crippen MR) is 65.3 cm³/mol. The van der Waals surface area contributed by atoms with Crippen molar-refractivity contribution < 1.29 is 18.4 Å². The molecule has 18 heavy (non-hydrogen) atoms. The molecule has 8 heteroatoms. The summed E-state index contributed by atoms with van der Waals surface area (Å²) in [5, 5.41) is 23.4. The van der Waals surface area contributed by atoms with E-state index in [1.165, 1.54) is 24.3 Å². The molecule has 100 valence electrons. The fraction of sp³-hybridized carbons (Fsp3) is 0.400. The van der Waals surface area contributed by atoms with Crippen LogP contribution in [0.3, 0.4) is 0 Å². The van der Waals surface area contributed by atoms with E-state index in [2.05, 4.69) is 0 Å². The van der Waals surface area contributed by atoms with Gasteiger partial charge in [-0.3, -0.25) is 10.1 Å². The molecule has 3 N–H and O–H groups in total. The van der Waals surface area contributed by atoms with Gasteiger partial charge in [-0.15, -0.1) is 0 Å². The second-order valence-corrected chi connectivity index (χ2v) is 5.54. The average molecular weight is 274 g/mol. The summed E-state index contributed by atoms with van der Waals surface area (Å²) in [5.74, 6) is 0. The standard InChI is InChI=1S/C10H14N2O5S/c11-18(16,17)10(5-2-6-13)8-3-1-4-9(7-8)12(14)15/h1,3-4,7,10,13H,2,5-6H2,(H2,11,16,17). The Morgan fingerprint density at radius 1 is 1.44 bits per heavy atom. The van der Waals surface area contributed by atoms with Crippen LogP contribution < -0.4 is 5.14 Å². The first kappa shape index (κ1) is 14.6. The highest BCUT2D eigenvalue weighted by atomic mass is 32.2. The highest BCUT2D eigenvalue weighted by Crippen LogP contribution is 2.27. The molecule has 1 unspecified atom stereocenters. The third-order valence-electron chi connectivity index (χ3n) is 2.47. The number of nitrogens with zero attached hydrogens (tertiary/aromatic N) is 1. The molecule has 0 radical (unpaired) electrons. The molecule has 0 spiro atoms. The number of aliphatic hydroxyl groups is 1. The van der Waals surface area contributed by atoms with Gasteiger partial charge >= 0.3 is 0 Å². The van der Waals surface area contributed by atoms with Gasteiger partial charge < -0.3 is 5.11 Å². The van der Waals surface area contributed by atoms with E-state index in [9.17, 15) is 18.5 Å². The maximum Gasteiger partial charge on any atom is 0.269 e. The van der Waals surface area contributed by atoms with E-state index in [-0.39, 0.29) is 30.7 Å². The zero-order chi connectivity index (χ0) is 13.8. The zero-order valence-corrected chi connectivity index (χ0v) is 10.3. The highest BCUT2D eigenvalue weighted by molar-refractivity contribution is 7.89. The Morgan fingerprint density at radius 3 is 2.61 bits per heavy atom. The first-order valence-corrected chi connectivity index (χ1v) is 6.84. The van der Waals surface area contributed by atoms with Gasteiger partial charge in [-0.25, -0.2) is 13.6 Å². The fourth-order valence-electron chi connectivity index (χ4n) is 1.64. The normalized spacial score (nSPS) is 13.2. The number of aliphatic hydroxyl groups excluding tert-OH is 1. The molecule has 1 atom stereocenters. The molecule has 1 rings (SSSR count). The van der Waals surface area contributed by atoms with Crippen LogP contribution in [0.15, 0.2) is 24.3 Å². The van der Waals surface area contributed by atoms with E-state index >= 15 is 0 Å². The summed E-state index contributed by atoms with van der Waals surface area (Å²) in [6.07, 6.45) is 0.375. The number of rotatable bonds is 6. The van der Waals surface area contributed by atoms with Crippen molar-refractivity contribution in [1.82, 2.24) is 0 Å². The van der Waals surface area contributed by atoms with Crippen molar-refractivity contribution in [2.75, 3.05) is 6.61 Å². The van der Waals surface area contributed by atoms with Gasteiger partial charge in [0.15, 0.2) is 0 Å². The van der Waals surface area contributed by atoms with Gasteiger partial charge in [-0.1, -0.05) is 12.1 Å². The van der Waals surface area contributed by atoms with E-state index in [1.54, 1.807) is 0 Å². The van der Waals surface area contributed by atoms with Crippen molar-refractivity contribution in [3.8, 4) is 0 Å². The second-order valence-electron chi connectivity index (χ2n) is 3.80. The van der Waals surface area contributed by atoms with Crippen LogP contribution in [-0.2, 0) is 10.0 Å². The Morgan fingerprint density at radius 2 is 2.11 bits per heavy atom. The molecule has 1 aromatic rings. The number of sulfonamides is 1. The molecule has 0 aliphatic carbocycles. The van der Waals surface area contributed by atoms with Crippen molar-refractivity contribution in [2.24, 2.45) is 5.14 Å². The lowest BCUT2D eigenvalue weighted by Gasteiger charge is -2.14. The van der Waals surface area contributed by atoms with Crippen molar-refractivity contribution in [3.63, 3.8) is 0 Å². The molecular weight excluding hydrogens is 260 g/mol. The van der Waals surface area contributed by atoms with Gasteiger partial charge in [0.2, 0.25) is 10.0 Å².